The first kappa shape index (κ1) is 12.9. The summed E-state index contributed by atoms with van der Waals surface area (Å²) >= 11 is 0. The van der Waals surface area contributed by atoms with Crippen molar-refractivity contribution >= 4 is 0 Å². The smallest absolute Gasteiger partial charge is 0.157 e. The Kier molecular flexibility index (Phi) is 7.88. The molecule has 0 amide bonds. The Labute approximate surface area is 92.8 Å². The molecule has 0 aromatic heterocycles. The highest BCUT2D eigenvalue weighted by atomic mass is 16.7. The zero-order valence-electron chi connectivity index (χ0n) is 9.62. The van der Waals surface area contributed by atoms with E-state index < -0.39 is 0 Å². The van der Waals surface area contributed by atoms with Crippen molar-refractivity contribution in [2.75, 3.05) is 19.8 Å². The molecule has 1 N–H and O–H groups in total. The summed E-state index contributed by atoms with van der Waals surface area (Å²) in [6.45, 7) is 2.06. The van der Waals surface area contributed by atoms with E-state index in [0.29, 0.717) is 6.61 Å². The molecule has 1 aliphatic heterocycles. The Hall–Kier alpha value is -0.120. The Bertz CT molecular complexity index is 133. The molecule has 90 valence electrons. The first-order valence-electron chi connectivity index (χ1n) is 6.27. The highest BCUT2D eigenvalue weighted by Crippen LogP contribution is 2.14. The Morgan fingerprint density at radius 3 is 2.13 bits per heavy atom. The molecule has 1 aliphatic rings. The third kappa shape index (κ3) is 6.88. The molecule has 1 rings (SSSR count). The van der Waals surface area contributed by atoms with Gasteiger partial charge in [0.2, 0.25) is 0 Å². The quantitative estimate of drug-likeness (QED) is 0.633. The van der Waals surface area contributed by atoms with Gasteiger partial charge in [0.15, 0.2) is 6.29 Å². The van der Waals surface area contributed by atoms with Crippen LogP contribution in [0.1, 0.15) is 51.4 Å². The van der Waals surface area contributed by atoms with Gasteiger partial charge in [-0.15, -0.1) is 0 Å². The molecule has 0 radical (unpaired) electrons. The van der Waals surface area contributed by atoms with Gasteiger partial charge in [-0.25, -0.2) is 0 Å². The van der Waals surface area contributed by atoms with Gasteiger partial charge in [-0.1, -0.05) is 25.7 Å². The Balaban J connectivity index is 1.79. The van der Waals surface area contributed by atoms with Gasteiger partial charge in [0.25, 0.3) is 0 Å². The first-order chi connectivity index (χ1) is 7.43. The molecule has 0 unspecified atom stereocenters. The van der Waals surface area contributed by atoms with Crippen LogP contribution in [-0.2, 0) is 9.47 Å². The summed E-state index contributed by atoms with van der Waals surface area (Å²) in [5.41, 5.74) is 0. The van der Waals surface area contributed by atoms with Crippen LogP contribution in [0.5, 0.6) is 0 Å². The zero-order valence-corrected chi connectivity index (χ0v) is 9.62. The molecular formula is C12H24O3. The fourth-order valence-corrected chi connectivity index (χ4v) is 1.83. The van der Waals surface area contributed by atoms with Gasteiger partial charge in [-0.2, -0.15) is 0 Å². The van der Waals surface area contributed by atoms with Crippen molar-refractivity contribution in [3.8, 4) is 0 Å². The summed E-state index contributed by atoms with van der Waals surface area (Å²) in [6, 6.07) is 0. The predicted molar refractivity (Wildman–Crippen MR) is 59.7 cm³/mol. The van der Waals surface area contributed by atoms with Gasteiger partial charge in [-0.05, 0) is 25.7 Å². The van der Waals surface area contributed by atoms with Crippen molar-refractivity contribution in [3.63, 3.8) is 0 Å². The SMILES string of the molecule is OCCCCCCCCC1OCCCO1. The lowest BCUT2D eigenvalue weighted by Crippen LogP contribution is -2.24. The zero-order chi connectivity index (χ0) is 10.8. The lowest BCUT2D eigenvalue weighted by atomic mass is 10.1. The van der Waals surface area contributed by atoms with E-state index in [0.717, 1.165) is 38.9 Å². The molecule has 0 aliphatic carbocycles. The van der Waals surface area contributed by atoms with Crippen LogP contribution in [0.25, 0.3) is 0 Å². The number of hydrogen-bond donors (Lipinski definition) is 1. The maximum Gasteiger partial charge on any atom is 0.157 e. The van der Waals surface area contributed by atoms with Crippen molar-refractivity contribution in [1.82, 2.24) is 0 Å². The van der Waals surface area contributed by atoms with Gasteiger partial charge >= 0.3 is 0 Å². The van der Waals surface area contributed by atoms with Gasteiger partial charge in [0, 0.05) is 6.61 Å². The molecule has 15 heavy (non-hydrogen) atoms. The maximum absolute atomic E-state index is 8.61. The summed E-state index contributed by atoms with van der Waals surface area (Å²) < 4.78 is 10.9. The van der Waals surface area contributed by atoms with Crippen LogP contribution in [0.2, 0.25) is 0 Å². The third-order valence-corrected chi connectivity index (χ3v) is 2.74. The Morgan fingerprint density at radius 1 is 0.867 bits per heavy atom. The van der Waals surface area contributed by atoms with Crippen molar-refractivity contribution in [3.05, 3.63) is 0 Å². The van der Waals surface area contributed by atoms with E-state index in [2.05, 4.69) is 0 Å². The van der Waals surface area contributed by atoms with Crippen molar-refractivity contribution in [2.45, 2.75) is 57.7 Å². The molecule has 3 heteroatoms. The molecule has 3 nitrogen and oxygen atoms in total. The van der Waals surface area contributed by atoms with E-state index in [4.69, 9.17) is 14.6 Å². The lowest BCUT2D eigenvalue weighted by Gasteiger charge is -2.22. The molecule has 0 aromatic rings. The fourth-order valence-electron chi connectivity index (χ4n) is 1.83. The monoisotopic (exact) mass is 216 g/mol. The van der Waals surface area contributed by atoms with Crippen LogP contribution in [0.4, 0.5) is 0 Å². The van der Waals surface area contributed by atoms with Crippen LogP contribution in [0.3, 0.4) is 0 Å². The number of ether oxygens (including phenoxy) is 2. The minimum atomic E-state index is 0.0659. The Morgan fingerprint density at radius 2 is 1.47 bits per heavy atom. The fraction of sp³-hybridized carbons (Fsp3) is 1.00. The average Bonchev–Trinajstić information content (AvgIpc) is 2.29. The van der Waals surface area contributed by atoms with Crippen LogP contribution in [0.15, 0.2) is 0 Å². The van der Waals surface area contributed by atoms with Crippen LogP contribution >= 0.6 is 0 Å². The molecule has 1 heterocycles. The highest BCUT2D eigenvalue weighted by Gasteiger charge is 2.12. The first-order valence-corrected chi connectivity index (χ1v) is 6.27. The van der Waals surface area contributed by atoms with E-state index in [1.165, 1.54) is 25.7 Å². The molecule has 0 atom stereocenters. The summed E-state index contributed by atoms with van der Waals surface area (Å²) in [7, 11) is 0. The summed E-state index contributed by atoms with van der Waals surface area (Å²) in [5.74, 6) is 0. The number of rotatable bonds is 8. The highest BCUT2D eigenvalue weighted by molar-refractivity contribution is 4.53. The molecule has 0 bridgehead atoms. The van der Waals surface area contributed by atoms with Gasteiger partial charge in [0.05, 0.1) is 13.2 Å². The van der Waals surface area contributed by atoms with Gasteiger partial charge in [-0.3, -0.25) is 0 Å². The second-order valence-electron chi connectivity index (χ2n) is 4.16. The van der Waals surface area contributed by atoms with Crippen LogP contribution < -0.4 is 0 Å². The minimum Gasteiger partial charge on any atom is -0.396 e. The van der Waals surface area contributed by atoms with Gasteiger partial charge in [0.1, 0.15) is 0 Å². The molecule has 0 spiro atoms. The van der Waals surface area contributed by atoms with E-state index in [9.17, 15) is 0 Å². The molecule has 1 fully saturated rings. The summed E-state index contributed by atoms with van der Waals surface area (Å²) in [6.07, 6.45) is 9.23. The number of aliphatic hydroxyl groups is 1. The standard InChI is InChI=1S/C12H24O3/c13-9-6-4-2-1-3-5-8-12-14-10-7-11-15-12/h12-13H,1-11H2. The third-order valence-electron chi connectivity index (χ3n) is 2.74. The van der Waals surface area contributed by atoms with Crippen molar-refractivity contribution in [1.29, 1.82) is 0 Å². The van der Waals surface area contributed by atoms with E-state index in [1.54, 1.807) is 0 Å². The van der Waals surface area contributed by atoms with Crippen molar-refractivity contribution < 1.29 is 14.6 Å². The molecule has 0 saturated carbocycles. The van der Waals surface area contributed by atoms with E-state index in [1.807, 2.05) is 0 Å². The van der Waals surface area contributed by atoms with Crippen LogP contribution in [0, 0.1) is 0 Å². The summed E-state index contributed by atoms with van der Waals surface area (Å²) in [4.78, 5) is 0. The second-order valence-corrected chi connectivity index (χ2v) is 4.16. The van der Waals surface area contributed by atoms with Crippen molar-refractivity contribution in [2.24, 2.45) is 0 Å². The number of aliphatic hydroxyl groups excluding tert-OH is 1. The lowest BCUT2D eigenvalue weighted by molar-refractivity contribution is -0.181. The normalized spacial score (nSPS) is 18.2. The predicted octanol–water partition coefficient (Wildman–Crippen LogP) is 2.47. The largest absolute Gasteiger partial charge is 0.396 e. The molecular weight excluding hydrogens is 192 g/mol. The molecule has 0 aromatic carbocycles. The number of hydrogen-bond acceptors (Lipinski definition) is 3. The minimum absolute atomic E-state index is 0.0659. The maximum atomic E-state index is 8.61. The number of unbranched alkanes of at least 4 members (excludes halogenated alkanes) is 5. The van der Waals surface area contributed by atoms with Gasteiger partial charge < -0.3 is 14.6 Å². The van der Waals surface area contributed by atoms with E-state index in [-0.39, 0.29) is 6.29 Å². The molecule has 1 saturated heterocycles. The average molecular weight is 216 g/mol. The topological polar surface area (TPSA) is 38.7 Å². The second kappa shape index (κ2) is 9.13. The van der Waals surface area contributed by atoms with Crippen LogP contribution in [-0.4, -0.2) is 31.2 Å². The summed E-state index contributed by atoms with van der Waals surface area (Å²) in [5, 5.41) is 8.61. The van der Waals surface area contributed by atoms with E-state index >= 15 is 0 Å².